The van der Waals surface area contributed by atoms with Crippen molar-refractivity contribution in [1.82, 2.24) is 24.8 Å². The van der Waals surface area contributed by atoms with Crippen molar-refractivity contribution in [2.75, 3.05) is 13.7 Å². The molecule has 0 radical (unpaired) electrons. The Morgan fingerprint density at radius 2 is 2.19 bits per heavy atom. The van der Waals surface area contributed by atoms with E-state index in [1.54, 1.807) is 11.8 Å². The highest BCUT2D eigenvalue weighted by Gasteiger charge is 2.32. The quantitative estimate of drug-likeness (QED) is 0.855. The van der Waals surface area contributed by atoms with Gasteiger partial charge in [-0.3, -0.25) is 4.90 Å². The smallest absolute Gasteiger partial charge is 0.223 e. The van der Waals surface area contributed by atoms with Gasteiger partial charge in [0.1, 0.15) is 0 Å². The van der Waals surface area contributed by atoms with Crippen molar-refractivity contribution in [2.45, 2.75) is 39.3 Å². The van der Waals surface area contributed by atoms with Crippen LogP contribution >= 0.6 is 0 Å². The molecule has 1 saturated heterocycles. The van der Waals surface area contributed by atoms with Crippen molar-refractivity contribution in [3.63, 3.8) is 0 Å². The summed E-state index contributed by atoms with van der Waals surface area (Å²) < 4.78 is 12.4. The predicted octanol–water partition coefficient (Wildman–Crippen LogP) is 1.77. The molecule has 0 bridgehead atoms. The lowest BCUT2D eigenvalue weighted by Crippen LogP contribution is -2.24. The Morgan fingerprint density at radius 3 is 2.86 bits per heavy atom. The summed E-state index contributed by atoms with van der Waals surface area (Å²) in [5.74, 6) is 2.18. The second-order valence-corrected chi connectivity index (χ2v) is 5.49. The summed E-state index contributed by atoms with van der Waals surface area (Å²) in [5.41, 5.74) is 2.20. The van der Waals surface area contributed by atoms with Gasteiger partial charge in [0, 0.05) is 20.0 Å². The Labute approximate surface area is 123 Å². The highest BCUT2D eigenvalue weighted by Crippen LogP contribution is 2.39. The number of likely N-dealkylation sites (tertiary alicyclic amines) is 1. The largest absolute Gasteiger partial charge is 0.481 e. The molecule has 0 saturated carbocycles. The van der Waals surface area contributed by atoms with Gasteiger partial charge in [-0.1, -0.05) is 5.16 Å². The summed E-state index contributed by atoms with van der Waals surface area (Å²) in [4.78, 5) is 6.67. The predicted molar refractivity (Wildman–Crippen MR) is 75.9 cm³/mol. The van der Waals surface area contributed by atoms with Crippen LogP contribution in [0.3, 0.4) is 0 Å². The maximum atomic E-state index is 5.54. The lowest BCUT2D eigenvalue weighted by atomic mass is 10.1. The standard InChI is InChI=1S/C14H21N5O2/c1-9-13(14(20-4)18(3)16-9)11-6-5-7-19(11)8-12-15-10(2)21-17-12/h11H,5-8H2,1-4H3. The second kappa shape index (κ2) is 5.48. The third kappa shape index (κ3) is 2.53. The lowest BCUT2D eigenvalue weighted by molar-refractivity contribution is 0.231. The molecule has 0 amide bonds. The molecule has 1 fully saturated rings. The first kappa shape index (κ1) is 14.1. The van der Waals surface area contributed by atoms with Crippen LogP contribution in [0.1, 0.15) is 41.9 Å². The Balaban J connectivity index is 1.87. The van der Waals surface area contributed by atoms with Crippen LogP contribution in [0.2, 0.25) is 0 Å². The molecular weight excluding hydrogens is 270 g/mol. The maximum Gasteiger partial charge on any atom is 0.223 e. The van der Waals surface area contributed by atoms with E-state index in [9.17, 15) is 0 Å². The van der Waals surface area contributed by atoms with E-state index in [0.717, 1.165) is 36.8 Å². The number of ether oxygens (including phenoxy) is 1. The first-order valence-corrected chi connectivity index (χ1v) is 7.21. The molecule has 1 atom stereocenters. The van der Waals surface area contributed by atoms with Crippen molar-refractivity contribution in [1.29, 1.82) is 0 Å². The monoisotopic (exact) mass is 291 g/mol. The van der Waals surface area contributed by atoms with Crippen LogP contribution in [0, 0.1) is 13.8 Å². The van der Waals surface area contributed by atoms with Gasteiger partial charge in [0.2, 0.25) is 11.8 Å². The summed E-state index contributed by atoms with van der Waals surface area (Å²) in [6.07, 6.45) is 2.25. The number of methoxy groups -OCH3 is 1. The minimum atomic E-state index is 0.299. The number of aromatic nitrogens is 4. The molecule has 7 nitrogen and oxygen atoms in total. The minimum absolute atomic E-state index is 0.299. The Bertz CT molecular complexity index is 633. The van der Waals surface area contributed by atoms with Gasteiger partial charge in [-0.15, -0.1) is 0 Å². The fourth-order valence-electron chi connectivity index (χ4n) is 3.21. The Morgan fingerprint density at radius 1 is 1.38 bits per heavy atom. The van der Waals surface area contributed by atoms with E-state index < -0.39 is 0 Å². The number of hydrogen-bond acceptors (Lipinski definition) is 6. The lowest BCUT2D eigenvalue weighted by Gasteiger charge is -2.23. The first-order valence-electron chi connectivity index (χ1n) is 7.21. The summed E-state index contributed by atoms with van der Waals surface area (Å²) in [7, 11) is 3.61. The van der Waals surface area contributed by atoms with Gasteiger partial charge >= 0.3 is 0 Å². The van der Waals surface area contributed by atoms with E-state index in [4.69, 9.17) is 9.26 Å². The topological polar surface area (TPSA) is 69.2 Å². The van der Waals surface area contributed by atoms with Crippen LogP contribution in [-0.4, -0.2) is 38.5 Å². The summed E-state index contributed by atoms with van der Waals surface area (Å²) >= 11 is 0. The van der Waals surface area contributed by atoms with Gasteiger partial charge in [0.05, 0.1) is 24.9 Å². The molecule has 0 N–H and O–H groups in total. The Kier molecular flexibility index (Phi) is 3.67. The van der Waals surface area contributed by atoms with Crippen LogP contribution < -0.4 is 4.74 Å². The van der Waals surface area contributed by atoms with Crippen LogP contribution in [0.15, 0.2) is 4.52 Å². The van der Waals surface area contributed by atoms with Crippen molar-refractivity contribution < 1.29 is 9.26 Å². The van der Waals surface area contributed by atoms with Crippen molar-refractivity contribution in [2.24, 2.45) is 7.05 Å². The maximum absolute atomic E-state index is 5.54. The molecule has 7 heteroatoms. The molecule has 1 aliphatic heterocycles. The number of hydrogen-bond donors (Lipinski definition) is 0. The van der Waals surface area contributed by atoms with Gasteiger partial charge in [0.25, 0.3) is 0 Å². The summed E-state index contributed by atoms with van der Waals surface area (Å²) in [6.45, 7) is 5.56. The van der Waals surface area contributed by atoms with Gasteiger partial charge < -0.3 is 9.26 Å². The van der Waals surface area contributed by atoms with Crippen molar-refractivity contribution >= 4 is 0 Å². The number of rotatable bonds is 4. The normalized spacial score (nSPS) is 19.3. The van der Waals surface area contributed by atoms with Crippen molar-refractivity contribution in [3.05, 3.63) is 23.0 Å². The minimum Gasteiger partial charge on any atom is -0.481 e. The average Bonchev–Trinajstić information content (AvgIpc) is 3.10. The second-order valence-electron chi connectivity index (χ2n) is 5.49. The number of nitrogens with zero attached hydrogens (tertiary/aromatic N) is 5. The highest BCUT2D eigenvalue weighted by molar-refractivity contribution is 5.35. The molecule has 0 aromatic carbocycles. The summed E-state index contributed by atoms with van der Waals surface area (Å²) in [5, 5.41) is 8.49. The fourth-order valence-corrected chi connectivity index (χ4v) is 3.21. The van der Waals surface area contributed by atoms with Gasteiger partial charge in [-0.2, -0.15) is 10.1 Å². The first-order chi connectivity index (χ1) is 10.1. The molecule has 1 unspecified atom stereocenters. The zero-order valence-corrected chi connectivity index (χ0v) is 13.0. The fraction of sp³-hybridized carbons (Fsp3) is 0.643. The van der Waals surface area contributed by atoms with Crippen molar-refractivity contribution in [3.8, 4) is 5.88 Å². The molecule has 3 rings (SSSR count). The van der Waals surface area contributed by atoms with E-state index in [1.165, 1.54) is 5.56 Å². The highest BCUT2D eigenvalue weighted by atomic mass is 16.5. The van der Waals surface area contributed by atoms with Gasteiger partial charge in [-0.25, -0.2) is 4.68 Å². The van der Waals surface area contributed by atoms with E-state index >= 15 is 0 Å². The molecular formula is C14H21N5O2. The van der Waals surface area contributed by atoms with E-state index in [0.29, 0.717) is 18.5 Å². The van der Waals surface area contributed by atoms with Crippen LogP contribution in [0.5, 0.6) is 5.88 Å². The van der Waals surface area contributed by atoms with E-state index in [2.05, 4.69) is 20.1 Å². The third-order valence-corrected chi connectivity index (χ3v) is 4.02. The zero-order chi connectivity index (χ0) is 15.0. The van der Waals surface area contributed by atoms with Crippen LogP contribution in [-0.2, 0) is 13.6 Å². The molecule has 114 valence electrons. The molecule has 0 spiro atoms. The molecule has 2 aromatic heterocycles. The SMILES string of the molecule is COc1c(C2CCCN2Cc2noc(C)n2)c(C)nn1C. The van der Waals surface area contributed by atoms with Gasteiger partial charge in [0.15, 0.2) is 5.82 Å². The summed E-state index contributed by atoms with van der Waals surface area (Å²) in [6, 6.07) is 0.299. The van der Waals surface area contributed by atoms with Gasteiger partial charge in [-0.05, 0) is 26.3 Å². The molecule has 0 aliphatic carbocycles. The molecule has 3 heterocycles. The van der Waals surface area contributed by atoms with E-state index in [1.807, 2.05) is 20.9 Å². The molecule has 2 aromatic rings. The van der Waals surface area contributed by atoms with E-state index in [-0.39, 0.29) is 0 Å². The third-order valence-electron chi connectivity index (χ3n) is 4.02. The average molecular weight is 291 g/mol. The zero-order valence-electron chi connectivity index (χ0n) is 13.0. The van der Waals surface area contributed by atoms with Crippen LogP contribution in [0.4, 0.5) is 0 Å². The Hall–Kier alpha value is -1.89. The molecule has 1 aliphatic rings. The van der Waals surface area contributed by atoms with Crippen LogP contribution in [0.25, 0.3) is 0 Å². The number of aryl methyl sites for hydroxylation is 3. The molecule has 21 heavy (non-hydrogen) atoms.